The normalized spacial score (nSPS) is 10.6. The van der Waals surface area contributed by atoms with Gasteiger partial charge >= 0.3 is 0 Å². The van der Waals surface area contributed by atoms with E-state index in [1.807, 2.05) is 0 Å². The second-order valence-electron chi connectivity index (χ2n) is 4.38. The van der Waals surface area contributed by atoms with Gasteiger partial charge in [0.25, 0.3) is 5.69 Å². The lowest BCUT2D eigenvalue weighted by molar-refractivity contribution is -0.384. The van der Waals surface area contributed by atoms with Crippen molar-refractivity contribution >= 4 is 28.9 Å². The van der Waals surface area contributed by atoms with Gasteiger partial charge < -0.3 is 5.32 Å². The zero-order valence-corrected chi connectivity index (χ0v) is 12.3. The molecule has 0 atom stereocenters. The van der Waals surface area contributed by atoms with Gasteiger partial charge in [-0.2, -0.15) is 0 Å². The summed E-state index contributed by atoms with van der Waals surface area (Å²) >= 11 is 11.7. The summed E-state index contributed by atoms with van der Waals surface area (Å²) in [5.41, 5.74) is 1.53. The van der Waals surface area contributed by atoms with E-state index in [0.717, 1.165) is 11.1 Å². The third kappa shape index (κ3) is 4.14. The molecule has 0 bridgehead atoms. The fourth-order valence-electron chi connectivity index (χ4n) is 1.78. The van der Waals surface area contributed by atoms with Crippen molar-refractivity contribution in [1.82, 2.24) is 5.32 Å². The predicted molar refractivity (Wildman–Crippen MR) is 80.1 cm³/mol. The molecular weight excluding hydrogens is 318 g/mol. The Morgan fingerprint density at radius 3 is 2.48 bits per heavy atom. The van der Waals surface area contributed by atoms with Crippen molar-refractivity contribution in [3.63, 3.8) is 0 Å². The average Bonchev–Trinajstić information content (AvgIpc) is 2.44. The molecule has 0 fully saturated rings. The van der Waals surface area contributed by atoms with Crippen molar-refractivity contribution in [2.24, 2.45) is 0 Å². The molecule has 21 heavy (non-hydrogen) atoms. The van der Waals surface area contributed by atoms with E-state index in [4.69, 9.17) is 23.2 Å². The predicted octanol–water partition coefficient (Wildman–Crippen LogP) is 4.33. The number of nitrogens with one attached hydrogen (secondary N) is 1. The van der Waals surface area contributed by atoms with Crippen molar-refractivity contribution < 1.29 is 9.31 Å². The lowest BCUT2D eigenvalue weighted by Gasteiger charge is -2.07. The molecule has 0 radical (unpaired) electrons. The molecule has 2 aromatic rings. The molecule has 0 saturated carbocycles. The molecule has 4 nitrogen and oxygen atoms in total. The molecule has 0 spiro atoms. The van der Waals surface area contributed by atoms with Crippen molar-refractivity contribution in [3.05, 3.63) is 73.5 Å². The number of non-ortho nitro benzene ring substituents is 1. The summed E-state index contributed by atoms with van der Waals surface area (Å²) < 4.78 is 13.0. The Kier molecular flexibility index (Phi) is 5.12. The van der Waals surface area contributed by atoms with Crippen molar-refractivity contribution in [2.75, 3.05) is 0 Å². The van der Waals surface area contributed by atoms with Gasteiger partial charge in [0.05, 0.1) is 15.0 Å². The maximum absolute atomic E-state index is 13.0. The highest BCUT2D eigenvalue weighted by Crippen LogP contribution is 2.22. The minimum absolute atomic E-state index is 0.0472. The van der Waals surface area contributed by atoms with Crippen molar-refractivity contribution in [3.8, 4) is 0 Å². The smallest absolute Gasteiger partial charge is 0.270 e. The van der Waals surface area contributed by atoms with E-state index in [2.05, 4.69) is 5.32 Å². The van der Waals surface area contributed by atoms with Gasteiger partial charge in [-0.15, -0.1) is 0 Å². The minimum Gasteiger partial charge on any atom is -0.309 e. The number of nitro benzene ring substituents is 1. The molecule has 0 saturated heterocycles. The largest absolute Gasteiger partial charge is 0.309 e. The Bertz CT molecular complexity index is 680. The molecule has 0 heterocycles. The van der Waals surface area contributed by atoms with Crippen LogP contribution in [0.3, 0.4) is 0 Å². The highest BCUT2D eigenvalue weighted by molar-refractivity contribution is 6.31. The Morgan fingerprint density at radius 1 is 1.10 bits per heavy atom. The maximum atomic E-state index is 13.0. The van der Waals surface area contributed by atoms with Gasteiger partial charge in [0.2, 0.25) is 0 Å². The molecule has 2 aromatic carbocycles. The van der Waals surface area contributed by atoms with Crippen LogP contribution in [0, 0.1) is 15.9 Å². The second-order valence-corrected chi connectivity index (χ2v) is 5.20. The van der Waals surface area contributed by atoms with E-state index in [-0.39, 0.29) is 10.7 Å². The third-order valence-electron chi connectivity index (χ3n) is 2.88. The quantitative estimate of drug-likeness (QED) is 0.656. The third-order valence-corrected chi connectivity index (χ3v) is 3.52. The van der Waals surface area contributed by atoms with Gasteiger partial charge in [0.1, 0.15) is 5.82 Å². The highest BCUT2D eigenvalue weighted by Gasteiger charge is 2.09. The number of benzene rings is 2. The van der Waals surface area contributed by atoms with E-state index < -0.39 is 10.7 Å². The Labute approximate surface area is 130 Å². The average molecular weight is 329 g/mol. The van der Waals surface area contributed by atoms with Gasteiger partial charge in [0, 0.05) is 25.2 Å². The molecule has 0 amide bonds. The van der Waals surface area contributed by atoms with Gasteiger partial charge in [-0.25, -0.2) is 4.39 Å². The number of rotatable bonds is 5. The van der Waals surface area contributed by atoms with Gasteiger partial charge in [-0.1, -0.05) is 29.3 Å². The van der Waals surface area contributed by atoms with Crippen molar-refractivity contribution in [2.45, 2.75) is 13.1 Å². The SMILES string of the molecule is O=[N+]([O-])c1ccc(CNCc2ccc(F)c(Cl)c2)c(Cl)c1. The molecule has 2 rings (SSSR count). The molecule has 1 N–H and O–H groups in total. The molecular formula is C14H11Cl2FN2O2. The van der Waals surface area contributed by atoms with Crippen LogP contribution in [0.2, 0.25) is 10.0 Å². The van der Waals surface area contributed by atoms with Crippen LogP contribution in [0.4, 0.5) is 10.1 Å². The standard InChI is InChI=1S/C14H11Cl2FN2O2/c15-12-6-11(19(20)21)3-2-10(12)8-18-7-9-1-4-14(17)13(16)5-9/h1-6,18H,7-8H2. The summed E-state index contributed by atoms with van der Waals surface area (Å²) in [5.74, 6) is -0.459. The Balaban J connectivity index is 1.97. The molecule has 0 aromatic heterocycles. The zero-order chi connectivity index (χ0) is 15.4. The summed E-state index contributed by atoms with van der Waals surface area (Å²) in [6, 6.07) is 8.79. The monoisotopic (exact) mass is 328 g/mol. The molecule has 0 unspecified atom stereocenters. The van der Waals surface area contributed by atoms with Crippen LogP contribution in [-0.2, 0) is 13.1 Å². The van der Waals surface area contributed by atoms with E-state index in [1.54, 1.807) is 18.2 Å². The van der Waals surface area contributed by atoms with Crippen LogP contribution in [0.5, 0.6) is 0 Å². The minimum atomic E-state index is -0.496. The van der Waals surface area contributed by atoms with Crippen LogP contribution in [0.25, 0.3) is 0 Å². The molecule has 0 aliphatic rings. The number of hydrogen-bond donors (Lipinski definition) is 1. The number of halogens is 3. The van der Waals surface area contributed by atoms with Gasteiger partial charge in [-0.05, 0) is 29.3 Å². The Hall–Kier alpha value is -1.69. The number of nitrogens with zero attached hydrogens (tertiary/aromatic N) is 1. The first-order chi connectivity index (χ1) is 9.97. The summed E-state index contributed by atoms with van der Waals surface area (Å²) in [5, 5.41) is 14.1. The zero-order valence-electron chi connectivity index (χ0n) is 10.8. The summed E-state index contributed by atoms with van der Waals surface area (Å²) in [4.78, 5) is 10.1. The van der Waals surface area contributed by atoms with Crippen LogP contribution >= 0.6 is 23.2 Å². The topological polar surface area (TPSA) is 55.2 Å². The molecule has 0 aliphatic heterocycles. The van der Waals surface area contributed by atoms with Gasteiger partial charge in [-0.3, -0.25) is 10.1 Å². The highest BCUT2D eigenvalue weighted by atomic mass is 35.5. The van der Waals surface area contributed by atoms with E-state index >= 15 is 0 Å². The second kappa shape index (κ2) is 6.85. The lowest BCUT2D eigenvalue weighted by atomic mass is 10.2. The molecule has 0 aliphatic carbocycles. The van der Waals surface area contributed by atoms with Crippen molar-refractivity contribution in [1.29, 1.82) is 0 Å². The van der Waals surface area contributed by atoms with E-state index in [1.165, 1.54) is 18.2 Å². The first kappa shape index (κ1) is 15.7. The van der Waals surface area contributed by atoms with E-state index in [0.29, 0.717) is 18.1 Å². The number of hydrogen-bond acceptors (Lipinski definition) is 3. The van der Waals surface area contributed by atoms with Crippen LogP contribution in [0.15, 0.2) is 36.4 Å². The van der Waals surface area contributed by atoms with Gasteiger partial charge in [0.15, 0.2) is 0 Å². The fraction of sp³-hybridized carbons (Fsp3) is 0.143. The first-order valence-electron chi connectivity index (χ1n) is 6.05. The first-order valence-corrected chi connectivity index (χ1v) is 6.80. The molecule has 7 heteroatoms. The van der Waals surface area contributed by atoms with E-state index in [9.17, 15) is 14.5 Å². The molecule has 110 valence electrons. The summed E-state index contributed by atoms with van der Waals surface area (Å²) in [6.45, 7) is 0.916. The Morgan fingerprint density at radius 2 is 1.86 bits per heavy atom. The lowest BCUT2D eigenvalue weighted by Crippen LogP contribution is -2.13. The summed E-state index contributed by atoms with van der Waals surface area (Å²) in [7, 11) is 0. The van der Waals surface area contributed by atoms with Crippen LogP contribution in [-0.4, -0.2) is 4.92 Å². The maximum Gasteiger partial charge on any atom is 0.270 e. The van der Waals surface area contributed by atoms with Crippen LogP contribution < -0.4 is 5.32 Å². The fourth-order valence-corrected chi connectivity index (χ4v) is 2.23. The summed E-state index contributed by atoms with van der Waals surface area (Å²) in [6.07, 6.45) is 0. The number of nitro groups is 1. The van der Waals surface area contributed by atoms with Crippen LogP contribution in [0.1, 0.15) is 11.1 Å².